The molecule has 0 spiro atoms. The van der Waals surface area contributed by atoms with E-state index in [0.29, 0.717) is 0 Å². The van der Waals surface area contributed by atoms with Crippen LogP contribution < -0.4 is 4.90 Å². The molecule has 1 aliphatic carbocycles. The predicted molar refractivity (Wildman–Crippen MR) is 259 cm³/mol. The minimum atomic E-state index is -0.457. The van der Waals surface area contributed by atoms with Crippen LogP contribution in [0.1, 0.15) is 87.4 Å². The second-order valence-corrected chi connectivity index (χ2v) is 17.6. The fourth-order valence-electron chi connectivity index (χ4n) is 10.3. The Morgan fingerprint density at radius 1 is 0.467 bits per heavy atom. The van der Waals surface area contributed by atoms with Crippen LogP contribution in [0.3, 0.4) is 0 Å². The maximum Gasteiger partial charge on any atom is 0.0713 e. The molecular formula is C59H51N. The van der Waals surface area contributed by atoms with Gasteiger partial charge >= 0.3 is 0 Å². The molecule has 0 fully saturated rings. The van der Waals surface area contributed by atoms with Crippen molar-refractivity contribution in [3.8, 4) is 11.1 Å². The summed E-state index contributed by atoms with van der Waals surface area (Å²) in [6.45, 7) is 15.9. The largest absolute Gasteiger partial charge is 0.310 e. The van der Waals surface area contributed by atoms with Crippen molar-refractivity contribution in [2.45, 2.75) is 59.3 Å². The van der Waals surface area contributed by atoms with Crippen molar-refractivity contribution >= 4 is 60.5 Å². The summed E-state index contributed by atoms with van der Waals surface area (Å²) in [5.41, 5.74) is 17.2. The summed E-state index contributed by atoms with van der Waals surface area (Å²) >= 11 is 0. The highest BCUT2D eigenvalue weighted by Crippen LogP contribution is 2.56. The summed E-state index contributed by atoms with van der Waals surface area (Å²) in [6.07, 6.45) is 4.51. The number of fused-ring (bicyclic) bond motifs is 3. The Labute approximate surface area is 355 Å². The molecule has 0 bridgehead atoms. The maximum atomic E-state index is 2.48. The molecule has 9 aromatic rings. The van der Waals surface area contributed by atoms with Crippen molar-refractivity contribution in [2.24, 2.45) is 0 Å². The van der Waals surface area contributed by atoms with Gasteiger partial charge in [0.1, 0.15) is 0 Å². The first kappa shape index (κ1) is 37.6. The highest BCUT2D eigenvalue weighted by atomic mass is 15.1. The van der Waals surface area contributed by atoms with Gasteiger partial charge in [-0.05, 0) is 152 Å². The van der Waals surface area contributed by atoms with Crippen molar-refractivity contribution in [1.29, 1.82) is 0 Å². The molecule has 9 aromatic carbocycles. The summed E-state index contributed by atoms with van der Waals surface area (Å²) in [4.78, 5) is 2.48. The normalized spacial score (nSPS) is 13.9. The van der Waals surface area contributed by atoms with E-state index in [1.54, 1.807) is 0 Å². The lowest BCUT2D eigenvalue weighted by Crippen LogP contribution is -2.28. The number of nitrogens with zero attached hydrogens (tertiary/aromatic N) is 1. The molecule has 1 nitrogen and oxygen atoms in total. The molecule has 1 heteroatoms. The van der Waals surface area contributed by atoms with Crippen LogP contribution in [0.25, 0.3) is 54.6 Å². The summed E-state index contributed by atoms with van der Waals surface area (Å²) < 4.78 is 0. The number of para-hydroxylation sites is 1. The van der Waals surface area contributed by atoms with Gasteiger partial charge in [0.25, 0.3) is 0 Å². The zero-order valence-electron chi connectivity index (χ0n) is 35.8. The third-order valence-corrected chi connectivity index (χ3v) is 13.4. The molecule has 292 valence electrons. The highest BCUT2D eigenvalue weighted by molar-refractivity contribution is 6.29. The van der Waals surface area contributed by atoms with Crippen molar-refractivity contribution in [3.05, 3.63) is 221 Å². The van der Waals surface area contributed by atoms with E-state index in [-0.39, 0.29) is 5.41 Å². The highest BCUT2D eigenvalue weighted by Gasteiger charge is 2.45. The molecule has 0 atom stereocenters. The van der Waals surface area contributed by atoms with Crippen LogP contribution in [-0.2, 0) is 10.8 Å². The molecule has 1 aliphatic rings. The van der Waals surface area contributed by atoms with E-state index >= 15 is 0 Å². The van der Waals surface area contributed by atoms with E-state index in [2.05, 4.69) is 235 Å². The fourth-order valence-corrected chi connectivity index (χ4v) is 10.3. The fraction of sp³-hybridized carbons (Fsp3) is 0.153. The first-order valence-electron chi connectivity index (χ1n) is 21.4. The molecule has 60 heavy (non-hydrogen) atoms. The van der Waals surface area contributed by atoms with Crippen LogP contribution >= 0.6 is 0 Å². The first-order chi connectivity index (χ1) is 29.2. The molecule has 0 unspecified atom stereocenters. The van der Waals surface area contributed by atoms with E-state index in [0.717, 1.165) is 11.4 Å². The van der Waals surface area contributed by atoms with Gasteiger partial charge in [-0.2, -0.15) is 0 Å². The van der Waals surface area contributed by atoms with Crippen molar-refractivity contribution in [1.82, 2.24) is 0 Å². The molecule has 0 N–H and O–H groups in total. The minimum absolute atomic E-state index is 0.0364. The van der Waals surface area contributed by atoms with E-state index in [9.17, 15) is 0 Å². The predicted octanol–water partition coefficient (Wildman–Crippen LogP) is 16.6. The Kier molecular flexibility index (Phi) is 8.92. The van der Waals surface area contributed by atoms with Crippen LogP contribution in [0.4, 0.5) is 17.1 Å². The maximum absolute atomic E-state index is 2.48. The average molecular weight is 774 g/mol. The number of hydrogen-bond acceptors (Lipinski definition) is 1. The Morgan fingerprint density at radius 3 is 1.48 bits per heavy atom. The van der Waals surface area contributed by atoms with Gasteiger partial charge in [0.15, 0.2) is 0 Å². The van der Waals surface area contributed by atoms with E-state index in [1.807, 2.05) is 0 Å². The third-order valence-electron chi connectivity index (χ3n) is 13.4. The Hall–Kier alpha value is -6.70. The molecule has 0 aliphatic heterocycles. The van der Waals surface area contributed by atoms with E-state index < -0.39 is 5.41 Å². The van der Waals surface area contributed by atoms with Gasteiger partial charge in [-0.25, -0.2) is 0 Å². The third kappa shape index (κ3) is 5.52. The molecule has 0 aromatic heterocycles. The van der Waals surface area contributed by atoms with Gasteiger partial charge in [-0.1, -0.05) is 166 Å². The lowest BCUT2D eigenvalue weighted by molar-refractivity contribution is 0.596. The van der Waals surface area contributed by atoms with Crippen LogP contribution in [0.15, 0.2) is 182 Å². The standard InChI is InChI=1S/C59H51N/c1-8-38(3)50-36-54(58(5,6)7)48-34-32-47-51(39(4)9-2)37-55(49-35-33-46(50)56(48)57(47)49)60(42-22-14-11-15-23-42)43-30-28-41(29-31-43)59(40-20-12-10-13-21-40)52-26-18-16-24-44(52)45-25-17-19-27-53(45)59/h8-37H,1-7H3/b38-8+,39-9+. The van der Waals surface area contributed by atoms with Crippen molar-refractivity contribution < 1.29 is 0 Å². The number of rotatable bonds is 7. The Balaban J connectivity index is 1.27. The van der Waals surface area contributed by atoms with E-state index in [1.165, 1.54) is 99.2 Å². The van der Waals surface area contributed by atoms with Crippen LogP contribution in [0, 0.1) is 0 Å². The minimum Gasteiger partial charge on any atom is -0.310 e. The molecule has 0 heterocycles. The Bertz CT molecular complexity index is 3090. The van der Waals surface area contributed by atoms with Gasteiger partial charge in [0.05, 0.1) is 11.1 Å². The van der Waals surface area contributed by atoms with Gasteiger partial charge in [-0.3, -0.25) is 0 Å². The second kappa shape index (κ2) is 14.2. The molecular weight excluding hydrogens is 723 g/mol. The number of hydrogen-bond donors (Lipinski definition) is 0. The SMILES string of the molecule is C/C=C(\C)c1cc(N(c2ccccc2)c2ccc(C3(c4ccccc4)c4ccccc4-c4ccccc43)cc2)c2ccc3c(/C(C)=C/C)cc(C(C)(C)C)c4ccc1c2c34. The summed E-state index contributed by atoms with van der Waals surface area (Å²) in [7, 11) is 0. The first-order valence-corrected chi connectivity index (χ1v) is 21.4. The van der Waals surface area contributed by atoms with Gasteiger partial charge < -0.3 is 4.90 Å². The molecule has 0 saturated heterocycles. The molecule has 0 amide bonds. The summed E-state index contributed by atoms with van der Waals surface area (Å²) in [5, 5.41) is 7.87. The lowest BCUT2D eigenvalue weighted by atomic mass is 9.68. The van der Waals surface area contributed by atoms with Crippen LogP contribution in [0.5, 0.6) is 0 Å². The molecule has 10 rings (SSSR count). The average Bonchev–Trinajstić information content (AvgIpc) is 3.59. The molecule has 0 radical (unpaired) electrons. The summed E-state index contributed by atoms with van der Waals surface area (Å²) in [6, 6.07) is 63.9. The summed E-state index contributed by atoms with van der Waals surface area (Å²) in [5.74, 6) is 0. The van der Waals surface area contributed by atoms with Gasteiger partial charge in [0.2, 0.25) is 0 Å². The Morgan fingerprint density at radius 2 is 0.917 bits per heavy atom. The van der Waals surface area contributed by atoms with Crippen LogP contribution in [-0.4, -0.2) is 0 Å². The smallest absolute Gasteiger partial charge is 0.0713 e. The molecule has 0 saturated carbocycles. The second-order valence-electron chi connectivity index (χ2n) is 17.6. The lowest BCUT2D eigenvalue weighted by Gasteiger charge is -2.34. The quantitative estimate of drug-likeness (QED) is 0.146. The van der Waals surface area contributed by atoms with E-state index in [4.69, 9.17) is 0 Å². The van der Waals surface area contributed by atoms with Crippen LogP contribution in [0.2, 0.25) is 0 Å². The van der Waals surface area contributed by atoms with Gasteiger partial charge in [0, 0.05) is 22.1 Å². The number of benzene rings is 9. The zero-order chi connectivity index (χ0) is 41.3. The number of allylic oxidation sites excluding steroid dienone is 4. The zero-order valence-corrected chi connectivity index (χ0v) is 35.8. The van der Waals surface area contributed by atoms with Gasteiger partial charge in [-0.15, -0.1) is 0 Å². The topological polar surface area (TPSA) is 3.24 Å². The monoisotopic (exact) mass is 773 g/mol. The number of anilines is 3. The van der Waals surface area contributed by atoms with Crippen molar-refractivity contribution in [3.63, 3.8) is 0 Å². The van der Waals surface area contributed by atoms with Crippen molar-refractivity contribution in [2.75, 3.05) is 4.90 Å².